The third kappa shape index (κ3) is 15.7. The molecule has 30 rings (SSSR count). The van der Waals surface area contributed by atoms with Crippen molar-refractivity contribution in [3.8, 4) is 150 Å². The van der Waals surface area contributed by atoms with Crippen LogP contribution in [0.2, 0.25) is 0 Å². The van der Waals surface area contributed by atoms with Crippen molar-refractivity contribution in [2.24, 2.45) is 0 Å². The van der Waals surface area contributed by atoms with Crippen molar-refractivity contribution in [3.63, 3.8) is 0 Å². The highest BCUT2D eigenvalue weighted by Crippen LogP contribution is 2.59. The van der Waals surface area contributed by atoms with Crippen molar-refractivity contribution in [1.82, 2.24) is 0 Å². The zero-order chi connectivity index (χ0) is 99.7. The molecule has 0 saturated carbocycles. The molecular weight excluding hydrogens is 1920 g/mol. The van der Waals surface area contributed by atoms with Crippen LogP contribution in [-0.4, -0.2) is 8.07 Å². The van der Waals surface area contributed by atoms with E-state index in [0.717, 1.165) is 16.6 Å². The molecule has 150 heavy (non-hydrogen) atoms. The van der Waals surface area contributed by atoms with Gasteiger partial charge in [-0.2, -0.15) is 0 Å². The Hall–Kier alpha value is -17.1. The number of hydrogen-bond donors (Lipinski definition) is 0. The van der Waals surface area contributed by atoms with Crippen LogP contribution in [0.1, 0.15) is 25.0 Å². The van der Waals surface area contributed by atoms with Crippen LogP contribution in [0.25, 0.3) is 235 Å². The molecule has 0 saturated heterocycles. The minimum absolute atomic E-state index is 0.00224. The molecule has 7 heterocycles. The van der Waals surface area contributed by atoms with Crippen LogP contribution in [0.5, 0.6) is 0 Å². The topological polar surface area (TPSA) is 13.1 Å². The number of hydrogen-bond acceptors (Lipinski definition) is 6. The summed E-state index contributed by atoms with van der Waals surface area (Å²) in [7, 11) is -2.56. The van der Waals surface area contributed by atoms with E-state index >= 15 is 0 Å². The first-order valence-electron chi connectivity index (χ1n) is 51.3. The average Bonchev–Trinajstić information content (AvgIpc) is 1.53. The number of furan rings is 1. The monoisotopic (exact) mass is 2020 g/mol. The Labute approximate surface area is 893 Å². The third-order valence-corrected chi connectivity index (χ3v) is 41.5. The quantitative estimate of drug-likeness (QED) is 0.0989. The molecule has 0 fully saturated rings. The summed E-state index contributed by atoms with van der Waals surface area (Å²) < 4.78 is 8.90. The molecule has 0 bridgehead atoms. The summed E-state index contributed by atoms with van der Waals surface area (Å²) in [4.78, 5) is 10.6. The van der Waals surface area contributed by atoms with Crippen molar-refractivity contribution in [2.45, 2.75) is 19.3 Å². The summed E-state index contributed by atoms with van der Waals surface area (Å²) in [5.74, 6) is 0. The Bertz CT molecular complexity index is 9680. The van der Waals surface area contributed by atoms with E-state index in [9.17, 15) is 0 Å². The normalized spacial score (nSPS) is 12.4. The minimum atomic E-state index is -2.56. The lowest BCUT2D eigenvalue weighted by Crippen LogP contribution is -2.72. The molecule has 7 heteroatoms. The lowest BCUT2D eigenvalue weighted by atomic mass is 9.82. The molecule has 0 spiro atoms. The molecule has 0 N–H and O–H groups in total. The maximum absolute atomic E-state index is 6.20. The fourth-order valence-corrected chi connectivity index (χ4v) is 35.4. The van der Waals surface area contributed by atoms with E-state index in [0.29, 0.717) is 0 Å². The van der Waals surface area contributed by atoms with Gasteiger partial charge in [0.1, 0.15) is 11.2 Å². The van der Waals surface area contributed by atoms with Gasteiger partial charge in [0.15, 0.2) is 8.07 Å². The van der Waals surface area contributed by atoms with Gasteiger partial charge in [-0.05, 0) is 123 Å². The average molecular weight is 2020 g/mol. The van der Waals surface area contributed by atoms with Crippen LogP contribution < -0.4 is 20.7 Å². The summed E-state index contributed by atoms with van der Waals surface area (Å²) >= 11 is 9.54. The fraction of sp³-hybridized carbons (Fsp3) is 0.0210. The molecule has 6 aromatic heterocycles. The highest BCUT2D eigenvalue weighted by Gasteiger charge is 2.50. The van der Waals surface area contributed by atoms with Crippen LogP contribution >= 0.6 is 56.7 Å². The molecule has 708 valence electrons. The second-order valence-corrected chi connectivity index (χ2v) is 48.0. The van der Waals surface area contributed by atoms with E-state index in [1.807, 2.05) is 68.8 Å². The van der Waals surface area contributed by atoms with Crippen LogP contribution in [0.15, 0.2) is 550 Å². The fourth-order valence-electron chi connectivity index (χ4n) is 23.7. The number of rotatable bonds is 14. The lowest BCUT2D eigenvalue weighted by molar-refractivity contribution is 0.660. The van der Waals surface area contributed by atoms with Crippen molar-refractivity contribution in [2.75, 3.05) is 0 Å². The highest BCUT2D eigenvalue weighted by molar-refractivity contribution is 7.26. The number of para-hydroxylation sites is 1. The minimum Gasteiger partial charge on any atom is -0.456 e. The molecule has 1 aliphatic carbocycles. The van der Waals surface area contributed by atoms with Crippen LogP contribution in [0.4, 0.5) is 0 Å². The molecule has 1 nitrogen and oxygen atoms in total. The number of benzene rings is 22. The molecule has 28 aromatic rings. The third-order valence-electron chi connectivity index (χ3n) is 30.4. The summed E-state index contributed by atoms with van der Waals surface area (Å²) in [5.41, 5.74) is 30.7. The van der Waals surface area contributed by atoms with Gasteiger partial charge >= 0.3 is 0 Å². The molecule has 2 aliphatic rings. The zero-order valence-corrected chi connectivity index (χ0v) is 87.5. The molecule has 22 aromatic carbocycles. The first-order valence-corrected chi connectivity index (χ1v) is 57.4. The lowest BCUT2D eigenvalue weighted by Gasteiger charge is -2.31. The number of thiophene rings is 5. The Morgan fingerprint density at radius 1 is 0.167 bits per heavy atom. The van der Waals surface area contributed by atoms with E-state index < -0.39 is 8.07 Å². The molecule has 0 unspecified atom stereocenters. The first-order chi connectivity index (χ1) is 74.3. The van der Waals surface area contributed by atoms with Gasteiger partial charge in [-0.1, -0.05) is 536 Å². The van der Waals surface area contributed by atoms with Crippen molar-refractivity contribution < 1.29 is 4.42 Å². The summed E-state index contributed by atoms with van der Waals surface area (Å²) in [5, 5.41) is 21.4. The van der Waals surface area contributed by atoms with Gasteiger partial charge in [-0.15, -0.1) is 56.7 Å². The van der Waals surface area contributed by atoms with E-state index in [-0.39, 0.29) is 5.41 Å². The van der Waals surface area contributed by atoms with Gasteiger partial charge in [0.2, 0.25) is 0 Å². The first kappa shape index (κ1) is 91.6. The SMILES string of the molecule is CC1(C)c2ccccc2-c2c(-c3sc(-c4ccccc4-c4ccccc4)c4ccccc34)cccc21.c1ccc(-c2ccccc2-c2sc(-c3cccc4c3-c3ccccc3[Si]4(c3ccccc3)c3ccccc3)c3ccccc23)cc1.c1ccc(-c2ccccc2-c2sc(-c3cccc4oc5ccccc5c34)c3ccccc23)cc1.c1ccc(-c2ccccc2-c2sc(-c3cccc4sc5ccccc5c34)c3ccccc23)cc1. The largest absolute Gasteiger partial charge is 0.456 e. The van der Waals surface area contributed by atoms with E-state index in [1.54, 1.807) is 0 Å². The second kappa shape index (κ2) is 39.0. The van der Waals surface area contributed by atoms with Gasteiger partial charge in [-0.3, -0.25) is 0 Å². The van der Waals surface area contributed by atoms with Crippen LogP contribution in [-0.2, 0) is 5.41 Å². The van der Waals surface area contributed by atoms with Gasteiger partial charge in [-0.25, -0.2) is 0 Å². The number of fused-ring (bicyclic) bond motifs is 16. The summed E-state index contributed by atoms with van der Waals surface area (Å²) in [6, 6.07) is 199. The summed E-state index contributed by atoms with van der Waals surface area (Å²) in [6.45, 7) is 4.71. The van der Waals surface area contributed by atoms with E-state index in [4.69, 9.17) is 4.42 Å². The smallest absolute Gasteiger partial charge is 0.180 e. The van der Waals surface area contributed by atoms with E-state index in [2.05, 4.69) is 548 Å². The van der Waals surface area contributed by atoms with Crippen LogP contribution in [0, 0.1) is 0 Å². The predicted molar refractivity (Wildman–Crippen MR) is 653 cm³/mol. The Morgan fingerprint density at radius 3 is 0.867 bits per heavy atom. The van der Waals surface area contributed by atoms with Crippen molar-refractivity contribution >= 4 is 171 Å². The second-order valence-electron chi connectivity index (χ2n) is 39.1. The predicted octanol–water partition coefficient (Wildman–Crippen LogP) is 39.5. The standard InChI is InChI=1S/C44H30SSi.C35H26S.C32H20OS.C32H20S2/c1-4-17-31(18-5-1)34-23-10-11-24-35(34)43-36-25-12-13-26-37(36)44(45-43)39-28-16-30-41-42(39)38-27-14-15-29-40(38)46(41,32-19-6-2-7-20-32)33-21-8-3-9-22-33;1-35(2)30-21-11-10-19-28(30)32-29(20-12-22-31(32)35)34-27-18-9-8-17-26(27)33(36-34)25-16-7-6-15-24(25)23-13-4-3-5-14-23;2*1-2-11-21(12-3-1)22-13-4-5-14-23(22)31-24-15-6-7-16-25(24)32(34-31)27-18-10-20-29-30(27)26-17-8-9-19-28(26)33-29/h1-30H;3-22H,1-2H3;2*1-20H. The molecule has 0 atom stereocenters. The van der Waals surface area contributed by atoms with Crippen molar-refractivity contribution in [3.05, 3.63) is 557 Å². The molecule has 0 radical (unpaired) electrons. The van der Waals surface area contributed by atoms with Gasteiger partial charge in [0, 0.05) is 163 Å². The van der Waals surface area contributed by atoms with Gasteiger partial charge in [0.25, 0.3) is 0 Å². The van der Waals surface area contributed by atoms with E-state index in [1.165, 1.54) is 251 Å². The maximum atomic E-state index is 6.20. The Kier molecular flexibility index (Phi) is 23.8. The van der Waals surface area contributed by atoms with Crippen molar-refractivity contribution in [1.29, 1.82) is 0 Å². The molecule has 0 amide bonds. The highest BCUT2D eigenvalue weighted by atomic mass is 32.1. The Morgan fingerprint density at radius 2 is 0.433 bits per heavy atom. The summed E-state index contributed by atoms with van der Waals surface area (Å²) in [6.07, 6.45) is 0. The molecular formula is C143H96OS5Si. The Balaban J connectivity index is 0.0000000991. The van der Waals surface area contributed by atoms with Gasteiger partial charge < -0.3 is 4.42 Å². The zero-order valence-electron chi connectivity index (χ0n) is 82.4. The molecule has 1 aliphatic heterocycles. The van der Waals surface area contributed by atoms with Gasteiger partial charge in [0.05, 0.1) is 0 Å². The maximum Gasteiger partial charge on any atom is 0.180 e. The van der Waals surface area contributed by atoms with Crippen LogP contribution in [0.3, 0.4) is 0 Å².